The first-order valence-corrected chi connectivity index (χ1v) is 10.4. The largest absolute Gasteiger partial charge is 0.469 e. The molecule has 0 radical (unpaired) electrons. The third kappa shape index (κ3) is 6.01. The van der Waals surface area contributed by atoms with Crippen molar-refractivity contribution in [1.29, 1.82) is 0 Å². The molecule has 28 heavy (non-hydrogen) atoms. The lowest BCUT2D eigenvalue weighted by Crippen LogP contribution is -2.50. The van der Waals surface area contributed by atoms with E-state index < -0.39 is 0 Å². The molecule has 3 rings (SSSR count). The highest BCUT2D eigenvalue weighted by Gasteiger charge is 2.31. The van der Waals surface area contributed by atoms with Crippen LogP contribution in [0.1, 0.15) is 37.7 Å². The molecule has 1 aromatic heterocycles. The topological polar surface area (TPSA) is 74.8 Å². The number of carbonyl (C=O) groups excluding carboxylic acids is 2. The normalized spacial score (nSPS) is 22.0. The van der Waals surface area contributed by atoms with Gasteiger partial charge < -0.3 is 10.1 Å². The highest BCUT2D eigenvalue weighted by molar-refractivity contribution is 5.79. The minimum absolute atomic E-state index is 0.0276. The van der Waals surface area contributed by atoms with Crippen LogP contribution in [0.15, 0.2) is 24.5 Å². The van der Waals surface area contributed by atoms with Gasteiger partial charge in [0.15, 0.2) is 0 Å². The monoisotopic (exact) mass is 388 g/mol. The third-order valence-electron chi connectivity index (χ3n) is 5.88. The fourth-order valence-electron chi connectivity index (χ4n) is 4.28. The number of nitrogens with zero attached hydrogens (tertiary/aromatic N) is 3. The van der Waals surface area contributed by atoms with Crippen LogP contribution in [0.4, 0.5) is 0 Å². The Morgan fingerprint density at radius 1 is 1.25 bits per heavy atom. The van der Waals surface area contributed by atoms with E-state index in [1.165, 1.54) is 12.7 Å². The molecule has 0 spiro atoms. The molecule has 2 aliphatic heterocycles. The summed E-state index contributed by atoms with van der Waals surface area (Å²) in [5.74, 6) is -0.189. The number of ether oxygens (including phenoxy) is 1. The third-order valence-corrected chi connectivity index (χ3v) is 5.88. The molecule has 154 valence electrons. The number of carbonyl (C=O) groups is 2. The summed E-state index contributed by atoms with van der Waals surface area (Å²) in [5.41, 5.74) is 1.27. The van der Waals surface area contributed by atoms with Gasteiger partial charge in [0, 0.05) is 38.1 Å². The van der Waals surface area contributed by atoms with Gasteiger partial charge in [-0.05, 0) is 56.9 Å². The predicted octanol–water partition coefficient (Wildman–Crippen LogP) is 1.44. The van der Waals surface area contributed by atoms with Crippen LogP contribution in [0.3, 0.4) is 0 Å². The van der Waals surface area contributed by atoms with E-state index in [2.05, 4.69) is 30.9 Å². The van der Waals surface area contributed by atoms with E-state index in [4.69, 9.17) is 0 Å². The van der Waals surface area contributed by atoms with E-state index >= 15 is 0 Å². The summed E-state index contributed by atoms with van der Waals surface area (Å²) in [6, 6.07) is 4.69. The summed E-state index contributed by atoms with van der Waals surface area (Å²) in [7, 11) is 1.37. The lowest BCUT2D eigenvalue weighted by molar-refractivity contribution is -0.140. The number of rotatable bonds is 7. The average molecular weight is 389 g/mol. The highest BCUT2D eigenvalue weighted by atomic mass is 16.5. The van der Waals surface area contributed by atoms with Crippen molar-refractivity contribution in [1.82, 2.24) is 20.1 Å². The van der Waals surface area contributed by atoms with Crippen LogP contribution in [-0.2, 0) is 20.9 Å². The molecule has 7 nitrogen and oxygen atoms in total. The van der Waals surface area contributed by atoms with E-state index in [0.29, 0.717) is 12.6 Å². The fourth-order valence-corrected chi connectivity index (χ4v) is 4.28. The number of piperidine rings is 2. The Morgan fingerprint density at radius 3 is 2.79 bits per heavy atom. The average Bonchev–Trinajstić information content (AvgIpc) is 2.75. The molecule has 0 saturated carbocycles. The lowest BCUT2D eigenvalue weighted by atomic mass is 9.93. The van der Waals surface area contributed by atoms with Crippen LogP contribution in [0.2, 0.25) is 0 Å². The molecule has 0 aliphatic carbocycles. The number of amides is 1. The smallest absolute Gasteiger partial charge is 0.307 e. The Balaban J connectivity index is 1.41. The number of pyridine rings is 1. The quantitative estimate of drug-likeness (QED) is 0.713. The van der Waals surface area contributed by atoms with Gasteiger partial charge in [-0.1, -0.05) is 6.07 Å². The molecule has 0 unspecified atom stereocenters. The molecule has 2 fully saturated rings. The summed E-state index contributed by atoms with van der Waals surface area (Å²) in [6.07, 6.45) is 8.28. The first-order valence-electron chi connectivity index (χ1n) is 10.4. The lowest BCUT2D eigenvalue weighted by Gasteiger charge is -2.42. The molecular weight excluding hydrogens is 356 g/mol. The fraction of sp³-hybridized carbons (Fsp3) is 0.667. The molecule has 1 N–H and O–H groups in total. The predicted molar refractivity (Wildman–Crippen MR) is 106 cm³/mol. The molecule has 1 amide bonds. The van der Waals surface area contributed by atoms with E-state index in [-0.39, 0.29) is 24.2 Å². The van der Waals surface area contributed by atoms with Gasteiger partial charge in [0.2, 0.25) is 5.91 Å². The molecule has 2 saturated heterocycles. The number of nitrogens with one attached hydrogen (secondary N) is 1. The van der Waals surface area contributed by atoms with Gasteiger partial charge in [-0.2, -0.15) is 0 Å². The number of esters is 1. The SMILES string of the molecule is COC(=O)CCNC(=O)[C@H]1CCCN(C2CCN(Cc3cccnc3)CC2)C1. The highest BCUT2D eigenvalue weighted by Crippen LogP contribution is 2.24. The van der Waals surface area contributed by atoms with Gasteiger partial charge in [0.1, 0.15) is 0 Å². The zero-order valence-corrected chi connectivity index (χ0v) is 16.8. The number of likely N-dealkylation sites (tertiary alicyclic amines) is 2. The molecule has 0 aromatic carbocycles. The van der Waals surface area contributed by atoms with Crippen LogP contribution in [-0.4, -0.2) is 72.5 Å². The van der Waals surface area contributed by atoms with Crippen LogP contribution in [0.25, 0.3) is 0 Å². The van der Waals surface area contributed by atoms with Crippen molar-refractivity contribution >= 4 is 11.9 Å². The van der Waals surface area contributed by atoms with Gasteiger partial charge >= 0.3 is 5.97 Å². The van der Waals surface area contributed by atoms with Crippen molar-refractivity contribution in [3.63, 3.8) is 0 Å². The van der Waals surface area contributed by atoms with E-state index in [9.17, 15) is 9.59 Å². The van der Waals surface area contributed by atoms with Crippen LogP contribution < -0.4 is 5.32 Å². The molecule has 0 bridgehead atoms. The maximum Gasteiger partial charge on any atom is 0.307 e. The van der Waals surface area contributed by atoms with Crippen LogP contribution in [0.5, 0.6) is 0 Å². The maximum atomic E-state index is 12.4. The molecule has 3 heterocycles. The van der Waals surface area contributed by atoms with Crippen molar-refractivity contribution < 1.29 is 14.3 Å². The van der Waals surface area contributed by atoms with E-state index in [1.807, 2.05) is 18.5 Å². The van der Waals surface area contributed by atoms with Gasteiger partial charge in [0.25, 0.3) is 0 Å². The minimum Gasteiger partial charge on any atom is -0.469 e. The van der Waals surface area contributed by atoms with Gasteiger partial charge in [0.05, 0.1) is 19.4 Å². The second-order valence-corrected chi connectivity index (χ2v) is 7.82. The zero-order valence-electron chi connectivity index (χ0n) is 16.8. The Labute approximate surface area is 167 Å². The van der Waals surface area contributed by atoms with E-state index in [0.717, 1.165) is 58.4 Å². The standard InChI is InChI=1S/C21H32N4O3/c1-28-20(26)6-10-23-21(27)18-5-3-11-25(16-18)19-7-12-24(13-8-19)15-17-4-2-9-22-14-17/h2,4,9,14,18-19H,3,5-8,10-13,15-16H2,1H3,(H,23,27)/t18-/m0/s1. The van der Waals surface area contributed by atoms with E-state index in [1.54, 1.807) is 0 Å². The molecule has 1 atom stereocenters. The Hall–Kier alpha value is -1.99. The van der Waals surface area contributed by atoms with Crippen LogP contribution >= 0.6 is 0 Å². The summed E-state index contributed by atoms with van der Waals surface area (Å²) in [5, 5.41) is 2.89. The second-order valence-electron chi connectivity index (χ2n) is 7.82. The summed E-state index contributed by atoms with van der Waals surface area (Å²) in [6.45, 7) is 5.41. The van der Waals surface area contributed by atoms with Crippen molar-refractivity contribution in [3.8, 4) is 0 Å². The Bertz CT molecular complexity index is 632. The molecule has 7 heteroatoms. The molecule has 2 aliphatic rings. The summed E-state index contributed by atoms with van der Waals surface area (Å²) >= 11 is 0. The van der Waals surface area contributed by atoms with Crippen molar-refractivity contribution in [2.45, 2.75) is 44.7 Å². The number of hydrogen-bond acceptors (Lipinski definition) is 6. The number of methoxy groups -OCH3 is 1. The zero-order chi connectivity index (χ0) is 19.8. The van der Waals surface area contributed by atoms with Gasteiger partial charge in [-0.25, -0.2) is 0 Å². The maximum absolute atomic E-state index is 12.4. The number of aromatic nitrogens is 1. The Morgan fingerprint density at radius 2 is 2.07 bits per heavy atom. The van der Waals surface area contributed by atoms with Crippen molar-refractivity contribution in [3.05, 3.63) is 30.1 Å². The first-order chi connectivity index (χ1) is 13.7. The first kappa shape index (κ1) is 20.7. The van der Waals surface area contributed by atoms with Gasteiger partial charge in [-0.3, -0.25) is 24.4 Å². The van der Waals surface area contributed by atoms with Gasteiger partial charge in [-0.15, -0.1) is 0 Å². The molecule has 1 aromatic rings. The second kappa shape index (κ2) is 10.5. The van der Waals surface area contributed by atoms with Crippen LogP contribution in [0, 0.1) is 5.92 Å². The summed E-state index contributed by atoms with van der Waals surface area (Å²) < 4.78 is 4.61. The minimum atomic E-state index is -0.288. The van der Waals surface area contributed by atoms with Crippen molar-refractivity contribution in [2.75, 3.05) is 39.8 Å². The van der Waals surface area contributed by atoms with Crippen molar-refractivity contribution in [2.24, 2.45) is 5.92 Å². The molecular formula is C21H32N4O3. The summed E-state index contributed by atoms with van der Waals surface area (Å²) in [4.78, 5) is 32.8. The Kier molecular flexibility index (Phi) is 7.80. The number of hydrogen-bond donors (Lipinski definition) is 1.